The highest BCUT2D eigenvalue weighted by Gasteiger charge is 2.16. The largest absolute Gasteiger partial charge is 0.287 e. The normalized spacial score (nSPS) is 15.6. The standard InChI is InChI=1S/C12H15N3O3/c16-12(14-13-10-5-1-2-6-10)9-4-3-7-11(8-9)15(17)18/h3-4,7-8,10,13H,1-2,5-6H2,(H,14,16). The lowest BCUT2D eigenvalue weighted by molar-refractivity contribution is -0.384. The van der Waals surface area contributed by atoms with Gasteiger partial charge in [-0.1, -0.05) is 18.9 Å². The van der Waals surface area contributed by atoms with E-state index in [-0.39, 0.29) is 17.2 Å². The Morgan fingerprint density at radius 2 is 2.06 bits per heavy atom. The number of benzene rings is 1. The molecular formula is C12H15N3O3. The topological polar surface area (TPSA) is 84.3 Å². The minimum absolute atomic E-state index is 0.0801. The van der Waals surface area contributed by atoms with E-state index in [1.807, 2.05) is 0 Å². The number of amides is 1. The lowest BCUT2D eigenvalue weighted by Gasteiger charge is -2.12. The van der Waals surface area contributed by atoms with E-state index in [1.54, 1.807) is 6.07 Å². The quantitative estimate of drug-likeness (QED) is 0.629. The number of nitro groups is 1. The van der Waals surface area contributed by atoms with E-state index in [2.05, 4.69) is 10.9 Å². The Kier molecular flexibility index (Phi) is 3.88. The Morgan fingerprint density at radius 3 is 2.72 bits per heavy atom. The molecule has 1 aliphatic rings. The second kappa shape index (κ2) is 5.59. The van der Waals surface area contributed by atoms with E-state index in [1.165, 1.54) is 31.0 Å². The van der Waals surface area contributed by atoms with Gasteiger partial charge in [-0.2, -0.15) is 0 Å². The Balaban J connectivity index is 1.95. The first kappa shape index (κ1) is 12.5. The second-order valence-corrected chi connectivity index (χ2v) is 4.39. The lowest BCUT2D eigenvalue weighted by Crippen LogP contribution is -2.43. The van der Waals surface area contributed by atoms with Crippen LogP contribution in [0.4, 0.5) is 5.69 Å². The number of carbonyl (C=O) groups is 1. The van der Waals surface area contributed by atoms with Gasteiger partial charge in [0.15, 0.2) is 0 Å². The van der Waals surface area contributed by atoms with Crippen LogP contribution in [0.1, 0.15) is 36.0 Å². The molecule has 0 bridgehead atoms. The number of hydrogen-bond donors (Lipinski definition) is 2. The number of hydrogen-bond acceptors (Lipinski definition) is 4. The molecule has 0 unspecified atom stereocenters. The fraction of sp³-hybridized carbons (Fsp3) is 0.417. The van der Waals surface area contributed by atoms with Crippen molar-refractivity contribution < 1.29 is 9.72 Å². The molecule has 96 valence electrons. The Labute approximate surface area is 104 Å². The molecule has 0 radical (unpaired) electrons. The SMILES string of the molecule is O=C(NNC1CCCC1)c1cccc([N+](=O)[O-])c1. The van der Waals surface area contributed by atoms with Crippen molar-refractivity contribution in [3.63, 3.8) is 0 Å². The maximum Gasteiger partial charge on any atom is 0.270 e. The summed E-state index contributed by atoms with van der Waals surface area (Å²) in [5.41, 5.74) is 5.76. The van der Waals surface area contributed by atoms with E-state index < -0.39 is 4.92 Å². The van der Waals surface area contributed by atoms with Gasteiger partial charge in [0, 0.05) is 23.7 Å². The molecule has 2 rings (SSSR count). The molecule has 6 nitrogen and oxygen atoms in total. The molecule has 0 spiro atoms. The van der Waals surface area contributed by atoms with Crippen molar-refractivity contribution in [1.82, 2.24) is 10.9 Å². The number of nitrogens with one attached hydrogen (secondary N) is 2. The Hall–Kier alpha value is -1.95. The number of nitrogens with zero attached hydrogens (tertiary/aromatic N) is 1. The predicted octanol–water partition coefficient (Wildman–Crippen LogP) is 1.77. The molecule has 0 heterocycles. The number of non-ortho nitro benzene ring substituents is 1. The lowest BCUT2D eigenvalue weighted by atomic mass is 10.2. The molecule has 0 aliphatic heterocycles. The van der Waals surface area contributed by atoms with Crippen LogP contribution in [0.5, 0.6) is 0 Å². The summed E-state index contributed by atoms with van der Waals surface area (Å²) >= 11 is 0. The Morgan fingerprint density at radius 1 is 1.33 bits per heavy atom. The van der Waals surface area contributed by atoms with Crippen molar-refractivity contribution in [2.45, 2.75) is 31.7 Å². The average molecular weight is 249 g/mol. The zero-order valence-electron chi connectivity index (χ0n) is 9.89. The highest BCUT2D eigenvalue weighted by Crippen LogP contribution is 2.17. The summed E-state index contributed by atoms with van der Waals surface area (Å²) in [4.78, 5) is 21.9. The molecule has 0 aromatic heterocycles. The van der Waals surface area contributed by atoms with Crippen LogP contribution in [0, 0.1) is 10.1 Å². The molecule has 2 N–H and O–H groups in total. The number of rotatable bonds is 4. The summed E-state index contributed by atoms with van der Waals surface area (Å²) in [7, 11) is 0. The van der Waals surface area contributed by atoms with Crippen molar-refractivity contribution in [3.05, 3.63) is 39.9 Å². The summed E-state index contributed by atoms with van der Waals surface area (Å²) in [6.07, 6.45) is 4.44. The first-order valence-corrected chi connectivity index (χ1v) is 5.97. The van der Waals surface area contributed by atoms with Crippen LogP contribution in [-0.2, 0) is 0 Å². The zero-order valence-corrected chi connectivity index (χ0v) is 9.89. The fourth-order valence-corrected chi connectivity index (χ4v) is 2.07. The molecule has 1 aliphatic carbocycles. The number of carbonyl (C=O) groups excluding carboxylic acids is 1. The predicted molar refractivity (Wildman–Crippen MR) is 66.0 cm³/mol. The second-order valence-electron chi connectivity index (χ2n) is 4.39. The highest BCUT2D eigenvalue weighted by atomic mass is 16.6. The molecule has 0 atom stereocenters. The van der Waals surface area contributed by atoms with Gasteiger partial charge in [0.25, 0.3) is 11.6 Å². The molecule has 1 aromatic rings. The molecular weight excluding hydrogens is 234 g/mol. The Bertz CT molecular complexity index is 456. The first-order valence-electron chi connectivity index (χ1n) is 5.97. The van der Waals surface area contributed by atoms with Crippen molar-refractivity contribution in [2.75, 3.05) is 0 Å². The summed E-state index contributed by atoms with van der Waals surface area (Å²) in [6.45, 7) is 0. The van der Waals surface area contributed by atoms with Crippen molar-refractivity contribution in [3.8, 4) is 0 Å². The molecule has 6 heteroatoms. The van der Waals surface area contributed by atoms with Crippen LogP contribution in [0.3, 0.4) is 0 Å². The van der Waals surface area contributed by atoms with E-state index in [9.17, 15) is 14.9 Å². The monoisotopic (exact) mass is 249 g/mol. The molecule has 1 amide bonds. The van der Waals surface area contributed by atoms with Crippen LogP contribution in [0.25, 0.3) is 0 Å². The van der Waals surface area contributed by atoms with Crippen molar-refractivity contribution >= 4 is 11.6 Å². The summed E-state index contributed by atoms with van der Waals surface area (Å²) in [5, 5.41) is 10.6. The maximum absolute atomic E-state index is 11.8. The number of hydrazine groups is 1. The van der Waals surface area contributed by atoms with Crippen LogP contribution in [-0.4, -0.2) is 16.9 Å². The van der Waals surface area contributed by atoms with Gasteiger partial charge in [-0.15, -0.1) is 0 Å². The van der Waals surface area contributed by atoms with Gasteiger partial charge in [-0.05, 0) is 18.9 Å². The van der Waals surface area contributed by atoms with E-state index in [4.69, 9.17) is 0 Å². The van der Waals surface area contributed by atoms with Crippen LogP contribution >= 0.6 is 0 Å². The van der Waals surface area contributed by atoms with Crippen LogP contribution in [0.2, 0.25) is 0 Å². The van der Waals surface area contributed by atoms with Crippen LogP contribution < -0.4 is 10.9 Å². The average Bonchev–Trinajstić information content (AvgIpc) is 2.89. The molecule has 1 aromatic carbocycles. The zero-order chi connectivity index (χ0) is 13.0. The third kappa shape index (κ3) is 3.04. The van der Waals surface area contributed by atoms with Gasteiger partial charge in [-0.25, -0.2) is 5.43 Å². The molecule has 0 saturated heterocycles. The van der Waals surface area contributed by atoms with E-state index in [0.29, 0.717) is 6.04 Å². The third-order valence-electron chi connectivity index (χ3n) is 3.06. The van der Waals surface area contributed by atoms with Gasteiger partial charge < -0.3 is 0 Å². The van der Waals surface area contributed by atoms with Gasteiger partial charge in [0.2, 0.25) is 0 Å². The minimum atomic E-state index is -0.513. The third-order valence-corrected chi connectivity index (χ3v) is 3.06. The summed E-state index contributed by atoms with van der Waals surface area (Å²) in [6, 6.07) is 6.00. The molecule has 18 heavy (non-hydrogen) atoms. The van der Waals surface area contributed by atoms with Gasteiger partial charge in [0.05, 0.1) is 4.92 Å². The highest BCUT2D eigenvalue weighted by molar-refractivity contribution is 5.94. The molecule has 1 saturated carbocycles. The smallest absolute Gasteiger partial charge is 0.270 e. The summed E-state index contributed by atoms with van der Waals surface area (Å²) < 4.78 is 0. The molecule has 1 fully saturated rings. The van der Waals surface area contributed by atoms with Gasteiger partial charge >= 0.3 is 0 Å². The van der Waals surface area contributed by atoms with Crippen molar-refractivity contribution in [2.24, 2.45) is 0 Å². The van der Waals surface area contributed by atoms with Crippen molar-refractivity contribution in [1.29, 1.82) is 0 Å². The maximum atomic E-state index is 11.8. The van der Waals surface area contributed by atoms with Gasteiger partial charge in [-0.3, -0.25) is 20.3 Å². The van der Waals surface area contributed by atoms with Crippen LogP contribution in [0.15, 0.2) is 24.3 Å². The van der Waals surface area contributed by atoms with Gasteiger partial charge in [0.1, 0.15) is 0 Å². The number of nitro benzene ring substituents is 1. The van der Waals surface area contributed by atoms with E-state index >= 15 is 0 Å². The summed E-state index contributed by atoms with van der Waals surface area (Å²) in [5.74, 6) is -0.342. The minimum Gasteiger partial charge on any atom is -0.287 e. The fourth-order valence-electron chi connectivity index (χ4n) is 2.07. The first-order chi connectivity index (χ1) is 8.66. The van der Waals surface area contributed by atoms with E-state index in [0.717, 1.165) is 12.8 Å².